The SMILES string of the molecule is CCCCCCCCCCCC(=O)c1c(O)c2ccc(O)cc2oc1=O. The Kier molecular flexibility index (Phi) is 7.70. The van der Waals surface area contributed by atoms with E-state index in [1.54, 1.807) is 0 Å². The smallest absolute Gasteiger partial charge is 0.351 e. The molecule has 26 heavy (non-hydrogen) atoms. The van der Waals surface area contributed by atoms with Gasteiger partial charge in [0, 0.05) is 12.5 Å². The minimum absolute atomic E-state index is 0.0622. The maximum atomic E-state index is 12.3. The maximum Gasteiger partial charge on any atom is 0.351 e. The standard InChI is InChI=1S/C21H28O5/c1-2-3-4-5-6-7-8-9-10-11-17(23)19-20(24)16-13-12-15(22)14-18(16)26-21(19)25/h12-14,22,24H,2-11H2,1H3. The molecule has 0 unspecified atom stereocenters. The number of carbonyl (C=O) groups excluding carboxylic acids is 1. The summed E-state index contributed by atoms with van der Waals surface area (Å²) in [6.07, 6.45) is 10.5. The van der Waals surface area contributed by atoms with E-state index in [-0.39, 0.29) is 34.5 Å². The Morgan fingerprint density at radius 3 is 2.23 bits per heavy atom. The van der Waals surface area contributed by atoms with Gasteiger partial charge in [-0.1, -0.05) is 58.3 Å². The highest BCUT2D eigenvalue weighted by atomic mass is 16.4. The molecule has 0 atom stereocenters. The van der Waals surface area contributed by atoms with Gasteiger partial charge in [-0.15, -0.1) is 0 Å². The lowest BCUT2D eigenvalue weighted by Crippen LogP contribution is -2.14. The Labute approximate surface area is 153 Å². The van der Waals surface area contributed by atoms with Gasteiger partial charge in [-0.3, -0.25) is 4.79 Å². The molecular formula is C21H28O5. The first-order valence-corrected chi connectivity index (χ1v) is 9.56. The second-order valence-electron chi connectivity index (χ2n) is 6.80. The quantitative estimate of drug-likeness (QED) is 0.322. The summed E-state index contributed by atoms with van der Waals surface area (Å²) < 4.78 is 5.07. The molecule has 0 aliphatic rings. The van der Waals surface area contributed by atoms with Crippen LogP contribution in [-0.2, 0) is 0 Å². The van der Waals surface area contributed by atoms with Crippen molar-refractivity contribution in [1.29, 1.82) is 0 Å². The van der Waals surface area contributed by atoms with Crippen LogP contribution >= 0.6 is 0 Å². The van der Waals surface area contributed by atoms with Crippen molar-refractivity contribution in [1.82, 2.24) is 0 Å². The molecule has 0 saturated heterocycles. The molecule has 0 fully saturated rings. The monoisotopic (exact) mass is 360 g/mol. The average Bonchev–Trinajstić information content (AvgIpc) is 2.60. The zero-order valence-electron chi connectivity index (χ0n) is 15.4. The van der Waals surface area contributed by atoms with Gasteiger partial charge in [-0.2, -0.15) is 0 Å². The van der Waals surface area contributed by atoms with Gasteiger partial charge in [-0.05, 0) is 18.6 Å². The van der Waals surface area contributed by atoms with Crippen molar-refractivity contribution in [2.75, 3.05) is 0 Å². The number of hydrogen-bond acceptors (Lipinski definition) is 5. The summed E-state index contributed by atoms with van der Waals surface area (Å²) in [5.41, 5.74) is -1.09. The summed E-state index contributed by atoms with van der Waals surface area (Å²) in [5, 5.41) is 19.9. The number of Topliss-reactive ketones (excluding diaryl/α,β-unsaturated/α-hetero) is 1. The summed E-state index contributed by atoms with van der Waals surface area (Å²) in [7, 11) is 0. The molecule has 2 rings (SSSR count). The fourth-order valence-electron chi connectivity index (χ4n) is 3.14. The summed E-state index contributed by atoms with van der Waals surface area (Å²) in [6.45, 7) is 2.20. The van der Waals surface area contributed by atoms with E-state index in [0.29, 0.717) is 6.42 Å². The second kappa shape index (κ2) is 10.00. The van der Waals surface area contributed by atoms with Gasteiger partial charge in [0.05, 0.1) is 5.39 Å². The van der Waals surface area contributed by atoms with Gasteiger partial charge >= 0.3 is 5.63 Å². The van der Waals surface area contributed by atoms with Crippen molar-refractivity contribution in [2.24, 2.45) is 0 Å². The lowest BCUT2D eigenvalue weighted by molar-refractivity contribution is 0.0973. The van der Waals surface area contributed by atoms with Crippen LogP contribution in [0.3, 0.4) is 0 Å². The number of benzene rings is 1. The molecule has 2 N–H and O–H groups in total. The van der Waals surface area contributed by atoms with E-state index in [2.05, 4.69) is 6.92 Å². The van der Waals surface area contributed by atoms with Gasteiger partial charge in [0.25, 0.3) is 0 Å². The number of fused-ring (bicyclic) bond motifs is 1. The van der Waals surface area contributed by atoms with Crippen molar-refractivity contribution >= 4 is 16.8 Å². The van der Waals surface area contributed by atoms with Gasteiger partial charge in [0.2, 0.25) is 0 Å². The maximum absolute atomic E-state index is 12.3. The number of phenolic OH excluding ortho intramolecular Hbond substituents is 1. The van der Waals surface area contributed by atoms with Crippen LogP contribution < -0.4 is 5.63 Å². The first-order valence-electron chi connectivity index (χ1n) is 9.56. The van der Waals surface area contributed by atoms with E-state index in [9.17, 15) is 19.8 Å². The number of carbonyl (C=O) groups is 1. The lowest BCUT2D eigenvalue weighted by atomic mass is 10.0. The number of aromatic hydroxyl groups is 2. The summed E-state index contributed by atoms with van der Waals surface area (Å²) in [6, 6.07) is 4.04. The van der Waals surface area contributed by atoms with Crippen LogP contribution in [-0.4, -0.2) is 16.0 Å². The van der Waals surface area contributed by atoms with Crippen LogP contribution in [0.15, 0.2) is 27.4 Å². The van der Waals surface area contributed by atoms with E-state index in [1.165, 1.54) is 56.7 Å². The molecule has 0 bridgehead atoms. The fraction of sp³-hybridized carbons (Fsp3) is 0.524. The van der Waals surface area contributed by atoms with Crippen LogP contribution in [0.25, 0.3) is 11.0 Å². The van der Waals surface area contributed by atoms with Crippen molar-refractivity contribution < 1.29 is 19.4 Å². The molecule has 0 saturated carbocycles. The fourth-order valence-corrected chi connectivity index (χ4v) is 3.14. The van der Waals surface area contributed by atoms with E-state index >= 15 is 0 Å². The van der Waals surface area contributed by atoms with Gasteiger partial charge in [-0.25, -0.2) is 4.79 Å². The van der Waals surface area contributed by atoms with E-state index < -0.39 is 11.4 Å². The Morgan fingerprint density at radius 1 is 0.962 bits per heavy atom. The zero-order valence-corrected chi connectivity index (χ0v) is 15.4. The largest absolute Gasteiger partial charge is 0.508 e. The van der Waals surface area contributed by atoms with E-state index in [0.717, 1.165) is 12.8 Å². The zero-order chi connectivity index (χ0) is 18.9. The van der Waals surface area contributed by atoms with Crippen LogP contribution in [0.4, 0.5) is 0 Å². The Hall–Kier alpha value is -2.30. The van der Waals surface area contributed by atoms with Gasteiger partial charge in [0.15, 0.2) is 5.78 Å². The minimum atomic E-state index is -0.860. The number of phenols is 1. The summed E-state index contributed by atoms with van der Waals surface area (Å²) in [5.74, 6) is -0.833. The second-order valence-corrected chi connectivity index (χ2v) is 6.80. The average molecular weight is 360 g/mol. The number of ketones is 1. The van der Waals surface area contributed by atoms with Crippen molar-refractivity contribution in [3.05, 3.63) is 34.2 Å². The molecule has 0 aliphatic carbocycles. The van der Waals surface area contributed by atoms with Crippen LogP contribution in [0, 0.1) is 0 Å². The predicted octanol–water partition coefficient (Wildman–Crippen LogP) is 5.31. The third kappa shape index (κ3) is 5.35. The topological polar surface area (TPSA) is 87.7 Å². The normalized spacial score (nSPS) is 11.1. The van der Waals surface area contributed by atoms with E-state index in [1.807, 2.05) is 0 Å². The Balaban J connectivity index is 1.86. The summed E-state index contributed by atoms with van der Waals surface area (Å²) in [4.78, 5) is 24.4. The molecule has 0 spiro atoms. The molecule has 5 nitrogen and oxygen atoms in total. The lowest BCUT2D eigenvalue weighted by Gasteiger charge is -2.06. The Morgan fingerprint density at radius 2 is 1.58 bits per heavy atom. The third-order valence-corrected chi connectivity index (χ3v) is 4.65. The molecule has 0 aliphatic heterocycles. The van der Waals surface area contributed by atoms with Crippen LogP contribution in [0.5, 0.6) is 11.5 Å². The summed E-state index contributed by atoms with van der Waals surface area (Å²) >= 11 is 0. The van der Waals surface area contributed by atoms with Crippen molar-refractivity contribution in [2.45, 2.75) is 71.1 Å². The number of unbranched alkanes of at least 4 members (excludes halogenated alkanes) is 8. The molecule has 1 aromatic heterocycles. The first-order chi connectivity index (χ1) is 12.5. The molecule has 1 heterocycles. The minimum Gasteiger partial charge on any atom is -0.508 e. The van der Waals surface area contributed by atoms with Gasteiger partial charge in [0.1, 0.15) is 22.6 Å². The number of rotatable bonds is 11. The third-order valence-electron chi connectivity index (χ3n) is 4.65. The highest BCUT2D eigenvalue weighted by molar-refractivity contribution is 6.02. The molecule has 142 valence electrons. The van der Waals surface area contributed by atoms with Crippen molar-refractivity contribution in [3.63, 3.8) is 0 Å². The molecule has 2 aromatic rings. The molecule has 0 radical (unpaired) electrons. The Bertz CT molecular complexity index is 791. The predicted molar refractivity (Wildman–Crippen MR) is 102 cm³/mol. The number of hydrogen-bond donors (Lipinski definition) is 2. The van der Waals surface area contributed by atoms with Crippen LogP contribution in [0.1, 0.15) is 81.5 Å². The molecule has 5 heteroatoms. The van der Waals surface area contributed by atoms with Gasteiger partial charge < -0.3 is 14.6 Å². The van der Waals surface area contributed by atoms with E-state index in [4.69, 9.17) is 4.42 Å². The molecule has 1 aromatic carbocycles. The van der Waals surface area contributed by atoms with Crippen LogP contribution in [0.2, 0.25) is 0 Å². The first kappa shape index (κ1) is 20.0. The molecular weight excluding hydrogens is 332 g/mol. The van der Waals surface area contributed by atoms with Crippen molar-refractivity contribution in [3.8, 4) is 11.5 Å². The highest BCUT2D eigenvalue weighted by Gasteiger charge is 2.20. The molecule has 0 amide bonds. The highest BCUT2D eigenvalue weighted by Crippen LogP contribution is 2.29.